The Hall–Kier alpha value is -2.83. The number of hydrogen-bond acceptors (Lipinski definition) is 2. The quantitative estimate of drug-likeness (QED) is 0.582. The number of nitrogens with zero attached hydrogens (tertiary/aromatic N) is 2. The maximum absolute atomic E-state index is 12.9. The fraction of sp³-hybridized carbons (Fsp3) is 0.417. The van der Waals surface area contributed by atoms with Crippen LogP contribution in [0, 0.1) is 11.8 Å². The van der Waals surface area contributed by atoms with Crippen LogP contribution in [-0.2, 0) is 12.6 Å². The molecule has 3 aromatic rings. The first kappa shape index (κ1) is 21.4. The lowest BCUT2D eigenvalue weighted by Crippen LogP contribution is -2.31. The van der Waals surface area contributed by atoms with Crippen LogP contribution in [-0.4, -0.2) is 22.1 Å². The molecule has 0 spiro atoms. The topological polar surface area (TPSA) is 46.4 Å². The molecular weight excluding hydrogens is 403 g/mol. The van der Waals surface area contributed by atoms with Gasteiger partial charge in [0.1, 0.15) is 0 Å². The molecule has 0 radical (unpaired) electrons. The van der Waals surface area contributed by atoms with E-state index < -0.39 is 11.7 Å². The van der Waals surface area contributed by atoms with Crippen LogP contribution >= 0.6 is 0 Å². The van der Waals surface area contributed by atoms with Gasteiger partial charge in [0, 0.05) is 12.7 Å². The first-order chi connectivity index (χ1) is 14.8. The van der Waals surface area contributed by atoms with Crippen LogP contribution in [0.3, 0.4) is 0 Å². The Morgan fingerprint density at radius 2 is 1.84 bits per heavy atom. The third kappa shape index (κ3) is 4.92. The van der Waals surface area contributed by atoms with Crippen molar-refractivity contribution in [1.82, 2.24) is 14.9 Å². The summed E-state index contributed by atoms with van der Waals surface area (Å²) in [4.78, 5) is 12.9. The fourth-order valence-electron chi connectivity index (χ4n) is 4.32. The van der Waals surface area contributed by atoms with Crippen molar-refractivity contribution >= 4 is 11.4 Å². The zero-order chi connectivity index (χ0) is 22.0. The lowest BCUT2D eigenvalue weighted by molar-refractivity contribution is -0.137. The SMILES string of the molecule is CC1CCC(CNC(=O)c2cnn3cccc(Cc4ccc(C(F)(F)F)cc4)c23)CC1. The minimum atomic E-state index is -4.36. The van der Waals surface area contributed by atoms with Gasteiger partial charge >= 0.3 is 6.18 Å². The minimum absolute atomic E-state index is 0.159. The van der Waals surface area contributed by atoms with Crippen molar-refractivity contribution in [3.63, 3.8) is 0 Å². The van der Waals surface area contributed by atoms with Crippen molar-refractivity contribution in [3.8, 4) is 0 Å². The monoisotopic (exact) mass is 429 g/mol. The summed E-state index contributed by atoms with van der Waals surface area (Å²) in [6.45, 7) is 2.93. The molecule has 1 aromatic carbocycles. The number of aromatic nitrogens is 2. The molecule has 1 amide bonds. The second-order valence-corrected chi connectivity index (χ2v) is 8.59. The number of rotatable bonds is 5. The molecule has 1 N–H and O–H groups in total. The summed E-state index contributed by atoms with van der Waals surface area (Å²) in [6.07, 6.45) is 4.06. The van der Waals surface area contributed by atoms with Gasteiger partial charge in [-0.2, -0.15) is 18.3 Å². The lowest BCUT2D eigenvalue weighted by Gasteiger charge is -2.26. The number of fused-ring (bicyclic) bond motifs is 1. The van der Waals surface area contributed by atoms with Crippen LogP contribution in [0.15, 0.2) is 48.8 Å². The molecule has 4 nitrogen and oxygen atoms in total. The standard InChI is InChI=1S/C24H26F3N3O/c1-16-4-6-18(7-5-16)14-28-23(31)21-15-29-30-12-2-3-19(22(21)30)13-17-8-10-20(11-9-17)24(25,26)27/h2-3,8-12,15-16,18H,4-7,13-14H2,1H3,(H,28,31). The highest BCUT2D eigenvalue weighted by Gasteiger charge is 2.30. The van der Waals surface area contributed by atoms with Crippen LogP contribution in [0.5, 0.6) is 0 Å². The maximum atomic E-state index is 12.9. The molecule has 2 aromatic heterocycles. The predicted molar refractivity (Wildman–Crippen MR) is 113 cm³/mol. The van der Waals surface area contributed by atoms with Gasteiger partial charge in [-0.05, 0) is 60.4 Å². The van der Waals surface area contributed by atoms with E-state index in [-0.39, 0.29) is 5.91 Å². The zero-order valence-electron chi connectivity index (χ0n) is 17.5. The first-order valence-electron chi connectivity index (χ1n) is 10.7. The molecule has 0 unspecified atom stereocenters. The van der Waals surface area contributed by atoms with Gasteiger partial charge in [-0.25, -0.2) is 4.52 Å². The summed E-state index contributed by atoms with van der Waals surface area (Å²) in [5, 5.41) is 7.36. The van der Waals surface area contributed by atoms with E-state index in [1.165, 1.54) is 25.0 Å². The van der Waals surface area contributed by atoms with Gasteiger partial charge in [-0.15, -0.1) is 0 Å². The number of nitrogens with one attached hydrogen (secondary N) is 1. The number of amides is 1. The van der Waals surface area contributed by atoms with Gasteiger partial charge in [-0.1, -0.05) is 38.0 Å². The molecule has 4 rings (SSSR count). The summed E-state index contributed by atoms with van der Waals surface area (Å²) in [7, 11) is 0. The molecule has 31 heavy (non-hydrogen) atoms. The highest BCUT2D eigenvalue weighted by atomic mass is 19.4. The number of benzene rings is 1. The third-order valence-corrected chi connectivity index (χ3v) is 6.23. The average Bonchev–Trinajstić information content (AvgIpc) is 3.18. The van der Waals surface area contributed by atoms with E-state index >= 15 is 0 Å². The number of carbonyl (C=O) groups is 1. The number of pyridine rings is 1. The smallest absolute Gasteiger partial charge is 0.352 e. The third-order valence-electron chi connectivity index (χ3n) is 6.23. The van der Waals surface area contributed by atoms with E-state index in [0.717, 1.165) is 42.0 Å². The van der Waals surface area contributed by atoms with Crippen molar-refractivity contribution in [2.75, 3.05) is 6.54 Å². The van der Waals surface area contributed by atoms with Crippen molar-refractivity contribution < 1.29 is 18.0 Å². The molecule has 0 atom stereocenters. The first-order valence-corrected chi connectivity index (χ1v) is 10.7. The van der Waals surface area contributed by atoms with Gasteiger partial charge in [0.05, 0.1) is 22.8 Å². The number of carbonyl (C=O) groups excluding carboxylic acids is 1. The van der Waals surface area contributed by atoms with Crippen molar-refractivity contribution in [2.45, 2.75) is 45.2 Å². The van der Waals surface area contributed by atoms with Crippen LogP contribution in [0.4, 0.5) is 13.2 Å². The Labute approximate surface area is 179 Å². The summed E-state index contributed by atoms with van der Waals surface area (Å²) >= 11 is 0. The van der Waals surface area contributed by atoms with Gasteiger partial charge in [0.2, 0.25) is 0 Å². The number of alkyl halides is 3. The number of hydrogen-bond donors (Lipinski definition) is 1. The van der Waals surface area contributed by atoms with Gasteiger partial charge < -0.3 is 5.32 Å². The number of halogens is 3. The fourth-order valence-corrected chi connectivity index (χ4v) is 4.32. The van der Waals surface area contributed by atoms with Gasteiger partial charge in [0.25, 0.3) is 5.91 Å². The van der Waals surface area contributed by atoms with E-state index in [2.05, 4.69) is 17.3 Å². The molecule has 0 bridgehead atoms. The minimum Gasteiger partial charge on any atom is -0.352 e. The lowest BCUT2D eigenvalue weighted by atomic mass is 9.83. The highest BCUT2D eigenvalue weighted by Crippen LogP contribution is 2.30. The van der Waals surface area contributed by atoms with E-state index in [0.29, 0.717) is 30.0 Å². The summed E-state index contributed by atoms with van der Waals surface area (Å²) in [6, 6.07) is 8.84. The predicted octanol–water partition coefficient (Wildman–Crippen LogP) is 5.50. The molecular formula is C24H26F3N3O. The molecule has 1 aliphatic carbocycles. The molecule has 7 heteroatoms. The van der Waals surface area contributed by atoms with E-state index in [4.69, 9.17) is 0 Å². The second-order valence-electron chi connectivity index (χ2n) is 8.59. The molecule has 0 saturated heterocycles. The second kappa shape index (κ2) is 8.73. The summed E-state index contributed by atoms with van der Waals surface area (Å²) in [5.74, 6) is 1.11. The maximum Gasteiger partial charge on any atom is 0.416 e. The molecule has 1 fully saturated rings. The Bertz CT molecular complexity index is 1050. The van der Waals surface area contributed by atoms with Crippen molar-refractivity contribution in [2.24, 2.45) is 11.8 Å². The Morgan fingerprint density at radius 3 is 2.52 bits per heavy atom. The van der Waals surface area contributed by atoms with Crippen molar-refractivity contribution in [3.05, 3.63) is 71.0 Å². The van der Waals surface area contributed by atoms with E-state index in [1.807, 2.05) is 12.1 Å². The Kier molecular flexibility index (Phi) is 6.03. The molecule has 164 valence electrons. The van der Waals surface area contributed by atoms with Crippen LogP contribution < -0.4 is 5.32 Å². The largest absolute Gasteiger partial charge is 0.416 e. The highest BCUT2D eigenvalue weighted by molar-refractivity contribution is 6.01. The normalized spacial score (nSPS) is 19.5. The van der Waals surface area contributed by atoms with Gasteiger partial charge in [-0.3, -0.25) is 4.79 Å². The average molecular weight is 429 g/mol. The molecule has 2 heterocycles. The van der Waals surface area contributed by atoms with Crippen LogP contribution in [0.2, 0.25) is 0 Å². The van der Waals surface area contributed by atoms with E-state index in [1.54, 1.807) is 16.9 Å². The molecule has 1 saturated carbocycles. The molecule has 0 aliphatic heterocycles. The molecule has 1 aliphatic rings. The summed E-state index contributed by atoms with van der Waals surface area (Å²) < 4.78 is 40.1. The summed E-state index contributed by atoms with van der Waals surface area (Å²) in [5.41, 5.74) is 2.10. The van der Waals surface area contributed by atoms with E-state index in [9.17, 15) is 18.0 Å². The van der Waals surface area contributed by atoms with Crippen LogP contribution in [0.1, 0.15) is 59.7 Å². The Morgan fingerprint density at radius 1 is 1.13 bits per heavy atom. The van der Waals surface area contributed by atoms with Crippen LogP contribution in [0.25, 0.3) is 5.52 Å². The Balaban J connectivity index is 1.51. The zero-order valence-corrected chi connectivity index (χ0v) is 17.5. The van der Waals surface area contributed by atoms with Crippen molar-refractivity contribution in [1.29, 1.82) is 0 Å². The van der Waals surface area contributed by atoms with Gasteiger partial charge in [0.15, 0.2) is 0 Å².